The van der Waals surface area contributed by atoms with Crippen molar-refractivity contribution in [3.63, 3.8) is 0 Å². The molecule has 5 heteroatoms. The molecule has 2 atom stereocenters. The summed E-state index contributed by atoms with van der Waals surface area (Å²) in [5.41, 5.74) is -0.760. The Morgan fingerprint density at radius 3 is 2.56 bits per heavy atom. The summed E-state index contributed by atoms with van der Waals surface area (Å²) < 4.78 is 25.4. The van der Waals surface area contributed by atoms with E-state index >= 15 is 0 Å². The zero-order chi connectivity index (χ0) is 12.0. The molecule has 0 heterocycles. The van der Waals surface area contributed by atoms with E-state index in [9.17, 15) is 13.2 Å². The van der Waals surface area contributed by atoms with Crippen LogP contribution in [0, 0.1) is 11.3 Å². The fourth-order valence-electron chi connectivity index (χ4n) is 1.75. The van der Waals surface area contributed by atoms with Gasteiger partial charge >= 0.3 is 0 Å². The number of nitrogens with one attached hydrogen (secondary N) is 1. The Labute approximate surface area is 95.5 Å². The maximum atomic E-state index is 11.9. The van der Waals surface area contributed by atoms with E-state index < -0.39 is 21.3 Å². The van der Waals surface area contributed by atoms with Gasteiger partial charge in [-0.3, -0.25) is 9.52 Å². The predicted octanol–water partition coefficient (Wildman–Crippen LogP) is 0.973. The van der Waals surface area contributed by atoms with Crippen LogP contribution in [0.2, 0.25) is 0 Å². The monoisotopic (exact) mass is 241 g/mol. The number of hydrogen-bond acceptors (Lipinski definition) is 3. The molecule has 2 aliphatic rings. The van der Waals surface area contributed by atoms with Crippen LogP contribution in [0.4, 0.5) is 0 Å². The lowest BCUT2D eigenvalue weighted by molar-refractivity contribution is -0.127. The average Bonchev–Trinajstić information content (AvgIpc) is 2.97. The minimum atomic E-state index is -3.45. The van der Waals surface area contributed by atoms with Gasteiger partial charge < -0.3 is 0 Å². The first-order chi connectivity index (χ1) is 7.40. The summed E-state index contributed by atoms with van der Waals surface area (Å²) in [7, 11) is -3.45. The highest BCUT2D eigenvalue weighted by molar-refractivity contribution is 7.90. The molecule has 0 aromatic heterocycles. The van der Waals surface area contributed by atoms with Gasteiger partial charge in [-0.2, -0.15) is 0 Å². The number of hydrogen-bond donors (Lipinski definition) is 1. The van der Waals surface area contributed by atoms with Gasteiger partial charge in [-0.15, -0.1) is 6.58 Å². The molecule has 1 fully saturated rings. The van der Waals surface area contributed by atoms with E-state index in [-0.39, 0.29) is 11.2 Å². The molecule has 0 saturated heterocycles. The van der Waals surface area contributed by atoms with Crippen molar-refractivity contribution in [1.29, 1.82) is 0 Å². The van der Waals surface area contributed by atoms with Crippen molar-refractivity contribution in [1.82, 2.24) is 4.72 Å². The summed E-state index contributed by atoms with van der Waals surface area (Å²) in [5, 5.41) is -0.369. The number of rotatable bonds is 4. The van der Waals surface area contributed by atoms with Crippen LogP contribution >= 0.6 is 0 Å². The third-order valence-corrected chi connectivity index (χ3v) is 5.10. The number of allylic oxidation sites excluding steroid dienone is 2. The molecule has 88 valence electrons. The van der Waals surface area contributed by atoms with Crippen LogP contribution in [0.5, 0.6) is 0 Å². The van der Waals surface area contributed by atoms with Crippen molar-refractivity contribution < 1.29 is 13.2 Å². The second kappa shape index (κ2) is 3.45. The molecule has 1 saturated carbocycles. The Balaban J connectivity index is 2.09. The van der Waals surface area contributed by atoms with Gasteiger partial charge in [-0.25, -0.2) is 8.42 Å². The summed E-state index contributed by atoms with van der Waals surface area (Å²) >= 11 is 0. The normalized spacial score (nSPS) is 32.9. The van der Waals surface area contributed by atoms with Gasteiger partial charge in [-0.1, -0.05) is 18.2 Å². The smallest absolute Gasteiger partial charge is 0.244 e. The number of carbonyl (C=O) groups excluding carboxylic acids is 1. The van der Waals surface area contributed by atoms with E-state index in [1.165, 1.54) is 0 Å². The summed E-state index contributed by atoms with van der Waals surface area (Å²) in [4.78, 5) is 11.9. The number of sulfonamides is 1. The standard InChI is InChI=1S/C11H15NO3S/c1-3-8-6-7-11(8,2)10(13)12-16(14,15)9-4-5-9/h3,6-9H,1,4-5H2,2H3,(H,12,13)/t8-,11+/m1/s1. The molecule has 0 radical (unpaired) electrons. The third kappa shape index (κ3) is 1.69. The van der Waals surface area contributed by atoms with Crippen molar-refractivity contribution in [3.05, 3.63) is 24.8 Å². The first kappa shape index (κ1) is 11.4. The molecule has 0 aromatic rings. The van der Waals surface area contributed by atoms with E-state index in [1.807, 2.05) is 6.08 Å². The first-order valence-electron chi connectivity index (χ1n) is 5.28. The van der Waals surface area contributed by atoms with E-state index in [4.69, 9.17) is 0 Å². The molecule has 16 heavy (non-hydrogen) atoms. The highest BCUT2D eigenvalue weighted by atomic mass is 32.2. The van der Waals surface area contributed by atoms with Gasteiger partial charge in [0.05, 0.1) is 10.7 Å². The van der Waals surface area contributed by atoms with Crippen LogP contribution < -0.4 is 4.72 Å². The van der Waals surface area contributed by atoms with Crippen molar-refractivity contribution in [3.8, 4) is 0 Å². The first-order valence-corrected chi connectivity index (χ1v) is 6.83. The Morgan fingerprint density at radius 1 is 1.56 bits per heavy atom. The van der Waals surface area contributed by atoms with Crippen LogP contribution in [-0.2, 0) is 14.8 Å². The molecule has 0 aromatic carbocycles. The van der Waals surface area contributed by atoms with E-state index in [2.05, 4.69) is 11.3 Å². The molecule has 1 N–H and O–H groups in total. The van der Waals surface area contributed by atoms with Gasteiger partial charge in [0.2, 0.25) is 15.9 Å². The molecule has 4 nitrogen and oxygen atoms in total. The molecule has 0 bridgehead atoms. The fraction of sp³-hybridized carbons (Fsp3) is 0.545. The molecular weight excluding hydrogens is 226 g/mol. The van der Waals surface area contributed by atoms with Gasteiger partial charge in [0, 0.05) is 5.92 Å². The lowest BCUT2D eigenvalue weighted by Gasteiger charge is -2.36. The second-order valence-corrected chi connectivity index (χ2v) is 6.54. The van der Waals surface area contributed by atoms with Crippen LogP contribution in [0.25, 0.3) is 0 Å². The average molecular weight is 241 g/mol. The van der Waals surface area contributed by atoms with Crippen LogP contribution in [0.15, 0.2) is 24.8 Å². The van der Waals surface area contributed by atoms with Gasteiger partial charge in [0.1, 0.15) is 0 Å². The summed E-state index contributed by atoms with van der Waals surface area (Å²) in [6.07, 6.45) is 6.52. The lowest BCUT2D eigenvalue weighted by atomic mass is 9.68. The Morgan fingerprint density at radius 2 is 2.19 bits per heavy atom. The molecule has 2 aliphatic carbocycles. The molecule has 0 spiro atoms. The van der Waals surface area contributed by atoms with E-state index in [0.29, 0.717) is 12.8 Å². The van der Waals surface area contributed by atoms with Crippen molar-refractivity contribution in [2.75, 3.05) is 0 Å². The molecule has 1 amide bonds. The van der Waals surface area contributed by atoms with Crippen molar-refractivity contribution in [2.24, 2.45) is 11.3 Å². The van der Waals surface area contributed by atoms with Crippen LogP contribution in [-0.4, -0.2) is 19.6 Å². The topological polar surface area (TPSA) is 63.2 Å². The maximum Gasteiger partial charge on any atom is 0.244 e. The number of amides is 1. The van der Waals surface area contributed by atoms with Gasteiger partial charge in [0.25, 0.3) is 0 Å². The second-order valence-electron chi connectivity index (χ2n) is 4.58. The molecule has 0 unspecified atom stereocenters. The molecular formula is C11H15NO3S. The minimum absolute atomic E-state index is 0.0816. The molecule has 2 rings (SSSR count). The Kier molecular flexibility index (Phi) is 2.45. The Bertz CT molecular complexity index is 462. The maximum absolute atomic E-state index is 11.9. The Hall–Kier alpha value is -1.10. The van der Waals surface area contributed by atoms with E-state index in [0.717, 1.165) is 0 Å². The zero-order valence-electron chi connectivity index (χ0n) is 9.14. The third-order valence-electron chi connectivity index (χ3n) is 3.28. The largest absolute Gasteiger partial charge is 0.273 e. The highest BCUT2D eigenvalue weighted by Crippen LogP contribution is 2.40. The highest BCUT2D eigenvalue weighted by Gasteiger charge is 2.45. The lowest BCUT2D eigenvalue weighted by Crippen LogP contribution is -2.48. The van der Waals surface area contributed by atoms with Gasteiger partial charge in [-0.05, 0) is 19.8 Å². The quantitative estimate of drug-likeness (QED) is 0.746. The fourth-order valence-corrected chi connectivity index (χ4v) is 3.15. The van der Waals surface area contributed by atoms with Crippen LogP contribution in [0.1, 0.15) is 19.8 Å². The van der Waals surface area contributed by atoms with Crippen molar-refractivity contribution in [2.45, 2.75) is 25.0 Å². The summed E-state index contributed by atoms with van der Waals surface area (Å²) in [6.45, 7) is 5.34. The summed E-state index contributed by atoms with van der Waals surface area (Å²) in [5.74, 6) is -0.534. The van der Waals surface area contributed by atoms with E-state index in [1.54, 1.807) is 19.1 Å². The summed E-state index contributed by atoms with van der Waals surface area (Å²) in [6, 6.07) is 0. The molecule has 0 aliphatic heterocycles. The number of carbonyl (C=O) groups is 1. The van der Waals surface area contributed by atoms with Crippen LogP contribution in [0.3, 0.4) is 0 Å². The van der Waals surface area contributed by atoms with Crippen molar-refractivity contribution >= 4 is 15.9 Å². The minimum Gasteiger partial charge on any atom is -0.273 e. The predicted molar refractivity (Wildman–Crippen MR) is 61.0 cm³/mol. The van der Waals surface area contributed by atoms with Gasteiger partial charge in [0.15, 0.2) is 0 Å². The zero-order valence-corrected chi connectivity index (χ0v) is 9.96. The SMILES string of the molecule is C=C[C@@H]1C=C[C@]1(C)C(=O)NS(=O)(=O)C1CC1.